The fourth-order valence-electron chi connectivity index (χ4n) is 2.85. The second kappa shape index (κ2) is 6.89. The quantitative estimate of drug-likeness (QED) is 0.701. The van der Waals surface area contributed by atoms with Crippen molar-refractivity contribution in [2.75, 3.05) is 7.11 Å². The zero-order valence-electron chi connectivity index (χ0n) is 14.3. The van der Waals surface area contributed by atoms with Crippen LogP contribution in [0.1, 0.15) is 32.7 Å². The number of hydrogen-bond acceptors (Lipinski definition) is 3. The van der Waals surface area contributed by atoms with Gasteiger partial charge in [-0.2, -0.15) is 0 Å². The topological polar surface area (TPSA) is 54.1 Å². The van der Waals surface area contributed by atoms with Gasteiger partial charge in [0.25, 0.3) is 0 Å². The van der Waals surface area contributed by atoms with E-state index in [1.165, 1.54) is 34.8 Å². The van der Waals surface area contributed by atoms with Crippen molar-refractivity contribution in [3.8, 4) is 0 Å². The van der Waals surface area contributed by atoms with Crippen LogP contribution < -0.4 is 5.32 Å². The predicted molar refractivity (Wildman–Crippen MR) is 96.1 cm³/mol. The minimum absolute atomic E-state index is 0.306. The average Bonchev–Trinajstić information content (AvgIpc) is 2.89. The zero-order valence-corrected chi connectivity index (χ0v) is 14.3. The Morgan fingerprint density at radius 3 is 2.42 bits per heavy atom. The summed E-state index contributed by atoms with van der Waals surface area (Å²) in [4.78, 5) is 14.8. The molecule has 2 N–H and O–H groups in total. The van der Waals surface area contributed by atoms with Gasteiger partial charge in [-0.15, -0.1) is 0 Å². The Hall–Kier alpha value is -2.59. The molecule has 1 aromatic heterocycles. The molecular weight excluding hydrogens is 300 g/mol. The molecule has 0 aliphatic heterocycles. The van der Waals surface area contributed by atoms with Crippen LogP contribution >= 0.6 is 0 Å². The third kappa shape index (κ3) is 3.34. The Labute approximate surface area is 141 Å². The second-order valence-electron chi connectivity index (χ2n) is 6.05. The highest BCUT2D eigenvalue weighted by Gasteiger charge is 2.06. The Morgan fingerprint density at radius 2 is 1.71 bits per heavy atom. The SMILES string of the molecule is COC(=O)c1ccc(CNCc2ccc3[nH]c(C)c(C)c3c2)cc1. The largest absolute Gasteiger partial charge is 0.465 e. The minimum Gasteiger partial charge on any atom is -0.465 e. The summed E-state index contributed by atoms with van der Waals surface area (Å²) in [5.74, 6) is -0.306. The number of methoxy groups -OCH3 is 1. The molecule has 3 rings (SSSR count). The number of esters is 1. The number of ether oxygens (including phenoxy) is 1. The average molecular weight is 322 g/mol. The van der Waals surface area contributed by atoms with Crippen LogP contribution in [-0.4, -0.2) is 18.1 Å². The van der Waals surface area contributed by atoms with E-state index in [9.17, 15) is 4.79 Å². The van der Waals surface area contributed by atoms with Crippen LogP contribution in [0.3, 0.4) is 0 Å². The fraction of sp³-hybridized carbons (Fsp3) is 0.250. The molecule has 124 valence electrons. The first-order valence-corrected chi connectivity index (χ1v) is 8.04. The summed E-state index contributed by atoms with van der Waals surface area (Å²) in [5, 5.41) is 4.73. The highest BCUT2D eigenvalue weighted by Crippen LogP contribution is 2.22. The van der Waals surface area contributed by atoms with Crippen molar-refractivity contribution in [2.24, 2.45) is 0 Å². The van der Waals surface area contributed by atoms with Gasteiger partial charge in [0.1, 0.15) is 0 Å². The summed E-state index contributed by atoms with van der Waals surface area (Å²) >= 11 is 0. The molecule has 4 nitrogen and oxygen atoms in total. The molecule has 0 unspecified atom stereocenters. The number of H-pyrrole nitrogens is 1. The standard InChI is InChI=1S/C20H22N2O2/c1-13-14(2)22-19-9-6-16(10-18(13)19)12-21-11-15-4-7-17(8-5-15)20(23)24-3/h4-10,21-22H,11-12H2,1-3H3. The molecule has 0 fully saturated rings. The summed E-state index contributed by atoms with van der Waals surface area (Å²) in [6.45, 7) is 5.81. The second-order valence-corrected chi connectivity index (χ2v) is 6.05. The van der Waals surface area contributed by atoms with Gasteiger partial charge in [-0.25, -0.2) is 4.79 Å². The molecule has 0 aliphatic carbocycles. The Balaban J connectivity index is 1.62. The number of rotatable bonds is 5. The van der Waals surface area contributed by atoms with Gasteiger partial charge in [-0.05, 0) is 54.8 Å². The first-order valence-electron chi connectivity index (χ1n) is 8.04. The van der Waals surface area contributed by atoms with Gasteiger partial charge < -0.3 is 15.0 Å². The van der Waals surface area contributed by atoms with E-state index in [2.05, 4.69) is 42.3 Å². The highest BCUT2D eigenvalue weighted by molar-refractivity contribution is 5.89. The van der Waals surface area contributed by atoms with Crippen molar-refractivity contribution in [3.05, 3.63) is 70.4 Å². The molecular formula is C20H22N2O2. The summed E-state index contributed by atoms with van der Waals surface area (Å²) in [6.07, 6.45) is 0. The van der Waals surface area contributed by atoms with Gasteiger partial charge in [-0.1, -0.05) is 18.2 Å². The minimum atomic E-state index is -0.306. The lowest BCUT2D eigenvalue weighted by Crippen LogP contribution is -2.12. The molecule has 0 amide bonds. The van der Waals surface area contributed by atoms with Crippen molar-refractivity contribution >= 4 is 16.9 Å². The number of aromatic nitrogens is 1. The maximum absolute atomic E-state index is 11.4. The lowest BCUT2D eigenvalue weighted by Gasteiger charge is -2.07. The number of aryl methyl sites for hydroxylation is 2. The van der Waals surface area contributed by atoms with Crippen LogP contribution in [0.2, 0.25) is 0 Å². The Bertz CT molecular complexity index is 863. The molecule has 0 saturated carbocycles. The van der Waals surface area contributed by atoms with E-state index in [4.69, 9.17) is 4.74 Å². The molecule has 24 heavy (non-hydrogen) atoms. The van der Waals surface area contributed by atoms with Crippen LogP contribution in [0.4, 0.5) is 0 Å². The molecule has 0 spiro atoms. The number of fused-ring (bicyclic) bond motifs is 1. The molecule has 2 aromatic carbocycles. The maximum atomic E-state index is 11.4. The smallest absolute Gasteiger partial charge is 0.337 e. The number of hydrogen-bond donors (Lipinski definition) is 2. The maximum Gasteiger partial charge on any atom is 0.337 e. The van der Waals surface area contributed by atoms with Gasteiger partial charge in [-0.3, -0.25) is 0 Å². The summed E-state index contributed by atoms with van der Waals surface area (Å²) in [6, 6.07) is 14.0. The van der Waals surface area contributed by atoms with E-state index < -0.39 is 0 Å². The Kier molecular flexibility index (Phi) is 4.67. The van der Waals surface area contributed by atoms with Crippen molar-refractivity contribution < 1.29 is 9.53 Å². The number of carbonyl (C=O) groups excluding carboxylic acids is 1. The van der Waals surface area contributed by atoms with Crippen LogP contribution in [0.5, 0.6) is 0 Å². The van der Waals surface area contributed by atoms with Gasteiger partial charge in [0, 0.05) is 29.7 Å². The molecule has 4 heteroatoms. The molecule has 0 aliphatic rings. The van der Waals surface area contributed by atoms with E-state index in [-0.39, 0.29) is 5.97 Å². The van der Waals surface area contributed by atoms with E-state index in [1.807, 2.05) is 12.1 Å². The molecule has 0 bridgehead atoms. The van der Waals surface area contributed by atoms with E-state index >= 15 is 0 Å². The van der Waals surface area contributed by atoms with E-state index in [0.29, 0.717) is 5.56 Å². The predicted octanol–water partition coefficient (Wildman–Crippen LogP) is 3.86. The third-order valence-electron chi connectivity index (χ3n) is 4.41. The molecule has 0 saturated heterocycles. The summed E-state index contributed by atoms with van der Waals surface area (Å²) < 4.78 is 4.70. The fourth-order valence-corrected chi connectivity index (χ4v) is 2.85. The number of carbonyl (C=O) groups is 1. The lowest BCUT2D eigenvalue weighted by molar-refractivity contribution is 0.0600. The van der Waals surface area contributed by atoms with Crippen molar-refractivity contribution in [1.29, 1.82) is 0 Å². The van der Waals surface area contributed by atoms with Gasteiger partial charge in [0.2, 0.25) is 0 Å². The highest BCUT2D eigenvalue weighted by atomic mass is 16.5. The van der Waals surface area contributed by atoms with Crippen molar-refractivity contribution in [3.63, 3.8) is 0 Å². The number of aromatic amines is 1. The van der Waals surface area contributed by atoms with Crippen LogP contribution in [-0.2, 0) is 17.8 Å². The molecule has 3 aromatic rings. The van der Waals surface area contributed by atoms with Gasteiger partial charge in [0.15, 0.2) is 0 Å². The van der Waals surface area contributed by atoms with Crippen LogP contribution in [0.25, 0.3) is 10.9 Å². The molecule has 0 atom stereocenters. The van der Waals surface area contributed by atoms with E-state index in [1.54, 1.807) is 12.1 Å². The number of benzene rings is 2. The summed E-state index contributed by atoms with van der Waals surface area (Å²) in [7, 11) is 1.39. The molecule has 0 radical (unpaired) electrons. The van der Waals surface area contributed by atoms with Gasteiger partial charge >= 0.3 is 5.97 Å². The number of nitrogens with one attached hydrogen (secondary N) is 2. The first-order chi connectivity index (χ1) is 11.6. The van der Waals surface area contributed by atoms with Crippen molar-refractivity contribution in [2.45, 2.75) is 26.9 Å². The monoisotopic (exact) mass is 322 g/mol. The summed E-state index contributed by atoms with van der Waals surface area (Å²) in [5.41, 5.74) is 6.69. The van der Waals surface area contributed by atoms with Crippen LogP contribution in [0.15, 0.2) is 42.5 Å². The zero-order chi connectivity index (χ0) is 17.1. The first kappa shape index (κ1) is 16.3. The van der Waals surface area contributed by atoms with Crippen LogP contribution in [0, 0.1) is 13.8 Å². The Morgan fingerprint density at radius 1 is 1.04 bits per heavy atom. The van der Waals surface area contributed by atoms with E-state index in [0.717, 1.165) is 18.7 Å². The third-order valence-corrected chi connectivity index (χ3v) is 4.41. The lowest BCUT2D eigenvalue weighted by atomic mass is 10.1. The normalized spacial score (nSPS) is 11.0. The molecule has 1 heterocycles. The van der Waals surface area contributed by atoms with Gasteiger partial charge in [0.05, 0.1) is 12.7 Å². The van der Waals surface area contributed by atoms with Crippen molar-refractivity contribution in [1.82, 2.24) is 10.3 Å².